The molecule has 1 atom stereocenters. The lowest BCUT2D eigenvalue weighted by Crippen LogP contribution is -2.24. The van der Waals surface area contributed by atoms with Gasteiger partial charge >= 0.3 is 0 Å². The van der Waals surface area contributed by atoms with E-state index in [1.807, 2.05) is 42.5 Å². The number of carbonyl (C=O) groups is 1. The van der Waals surface area contributed by atoms with E-state index in [0.717, 1.165) is 27.1 Å². The maximum Gasteiger partial charge on any atom is 0.240 e. The SMILES string of the molecule is CC(=O)N1N=C(c2ccc(Br)cc2)C[C@@H]1c1ccc2c(c1)OCO2. The van der Waals surface area contributed by atoms with E-state index in [0.29, 0.717) is 12.2 Å². The Hall–Kier alpha value is -2.34. The van der Waals surface area contributed by atoms with E-state index < -0.39 is 0 Å². The molecule has 2 aliphatic heterocycles. The second-order valence-electron chi connectivity index (χ2n) is 5.75. The lowest BCUT2D eigenvalue weighted by Gasteiger charge is -2.20. The summed E-state index contributed by atoms with van der Waals surface area (Å²) in [4.78, 5) is 12.0. The smallest absolute Gasteiger partial charge is 0.240 e. The molecule has 4 rings (SSSR count). The number of ether oxygens (including phenoxy) is 2. The van der Waals surface area contributed by atoms with Gasteiger partial charge in [-0.3, -0.25) is 4.79 Å². The van der Waals surface area contributed by atoms with Crippen LogP contribution < -0.4 is 9.47 Å². The van der Waals surface area contributed by atoms with Crippen molar-refractivity contribution in [3.63, 3.8) is 0 Å². The van der Waals surface area contributed by atoms with E-state index in [2.05, 4.69) is 21.0 Å². The molecule has 2 aromatic carbocycles. The molecule has 0 N–H and O–H groups in total. The first-order chi connectivity index (χ1) is 11.6. The average Bonchev–Trinajstić information content (AvgIpc) is 3.21. The van der Waals surface area contributed by atoms with Crippen molar-refractivity contribution in [2.45, 2.75) is 19.4 Å². The predicted octanol–water partition coefficient (Wildman–Crippen LogP) is 3.88. The highest BCUT2D eigenvalue weighted by Gasteiger charge is 2.32. The van der Waals surface area contributed by atoms with E-state index in [-0.39, 0.29) is 18.7 Å². The van der Waals surface area contributed by atoms with Gasteiger partial charge in [-0.15, -0.1) is 0 Å². The van der Waals surface area contributed by atoms with Crippen molar-refractivity contribution in [3.8, 4) is 11.5 Å². The van der Waals surface area contributed by atoms with E-state index in [1.165, 1.54) is 6.92 Å². The topological polar surface area (TPSA) is 51.1 Å². The number of hydrazone groups is 1. The minimum atomic E-state index is -0.129. The van der Waals surface area contributed by atoms with Gasteiger partial charge in [0.25, 0.3) is 0 Å². The molecule has 122 valence electrons. The van der Waals surface area contributed by atoms with Crippen LogP contribution in [0.4, 0.5) is 0 Å². The Morgan fingerprint density at radius 3 is 2.67 bits per heavy atom. The highest BCUT2D eigenvalue weighted by molar-refractivity contribution is 9.10. The van der Waals surface area contributed by atoms with Crippen LogP contribution in [0.5, 0.6) is 11.5 Å². The minimum absolute atomic E-state index is 0.0789. The number of carbonyl (C=O) groups excluding carboxylic acids is 1. The molecule has 0 bridgehead atoms. The quantitative estimate of drug-likeness (QED) is 0.786. The summed E-state index contributed by atoms with van der Waals surface area (Å²) in [6.45, 7) is 1.77. The molecule has 6 heteroatoms. The Balaban J connectivity index is 1.67. The molecule has 0 spiro atoms. The summed E-state index contributed by atoms with van der Waals surface area (Å²) >= 11 is 3.44. The van der Waals surface area contributed by atoms with Gasteiger partial charge in [0.05, 0.1) is 11.8 Å². The Morgan fingerprint density at radius 1 is 1.17 bits per heavy atom. The van der Waals surface area contributed by atoms with Crippen LogP contribution in [0.2, 0.25) is 0 Å². The fraction of sp³-hybridized carbons (Fsp3) is 0.222. The van der Waals surface area contributed by atoms with Crippen LogP contribution in [0, 0.1) is 0 Å². The van der Waals surface area contributed by atoms with Crippen LogP contribution in [0.3, 0.4) is 0 Å². The van der Waals surface area contributed by atoms with E-state index in [4.69, 9.17) is 9.47 Å². The third kappa shape index (κ3) is 2.67. The van der Waals surface area contributed by atoms with Gasteiger partial charge < -0.3 is 9.47 Å². The number of fused-ring (bicyclic) bond motifs is 1. The van der Waals surface area contributed by atoms with Crippen LogP contribution in [0.25, 0.3) is 0 Å². The van der Waals surface area contributed by atoms with Gasteiger partial charge in [0, 0.05) is 17.8 Å². The molecule has 5 nitrogen and oxygen atoms in total. The first-order valence-corrected chi connectivity index (χ1v) is 8.44. The highest BCUT2D eigenvalue weighted by atomic mass is 79.9. The average molecular weight is 387 g/mol. The summed E-state index contributed by atoms with van der Waals surface area (Å²) in [5.74, 6) is 1.37. The Labute approximate surface area is 148 Å². The summed E-state index contributed by atoms with van der Waals surface area (Å²) in [6.07, 6.45) is 0.668. The van der Waals surface area contributed by atoms with Crippen molar-refractivity contribution >= 4 is 27.5 Å². The lowest BCUT2D eigenvalue weighted by molar-refractivity contribution is -0.130. The highest BCUT2D eigenvalue weighted by Crippen LogP contribution is 2.39. The van der Waals surface area contributed by atoms with Crippen LogP contribution in [-0.4, -0.2) is 23.4 Å². The monoisotopic (exact) mass is 386 g/mol. The van der Waals surface area contributed by atoms with Crippen molar-refractivity contribution < 1.29 is 14.3 Å². The summed E-state index contributed by atoms with van der Waals surface area (Å²) in [7, 11) is 0. The van der Waals surface area contributed by atoms with Crippen molar-refractivity contribution in [1.82, 2.24) is 5.01 Å². The van der Waals surface area contributed by atoms with Gasteiger partial charge in [-0.25, -0.2) is 5.01 Å². The van der Waals surface area contributed by atoms with Gasteiger partial charge in [0.1, 0.15) is 0 Å². The largest absolute Gasteiger partial charge is 0.454 e. The number of rotatable bonds is 2. The molecule has 0 aromatic heterocycles. The molecule has 0 unspecified atom stereocenters. The Kier molecular flexibility index (Phi) is 3.76. The molecule has 1 amide bonds. The number of halogens is 1. The summed E-state index contributed by atoms with van der Waals surface area (Å²) in [5, 5.41) is 6.10. The Morgan fingerprint density at radius 2 is 1.92 bits per heavy atom. The molecular weight excluding hydrogens is 372 g/mol. The van der Waals surface area contributed by atoms with Crippen molar-refractivity contribution in [2.24, 2.45) is 5.10 Å². The molecule has 24 heavy (non-hydrogen) atoms. The first kappa shape index (κ1) is 15.2. The van der Waals surface area contributed by atoms with Crippen molar-refractivity contribution in [1.29, 1.82) is 0 Å². The summed E-state index contributed by atoms with van der Waals surface area (Å²) in [6, 6.07) is 13.6. The van der Waals surface area contributed by atoms with Gasteiger partial charge in [0.2, 0.25) is 12.7 Å². The van der Waals surface area contributed by atoms with Crippen LogP contribution in [0.1, 0.15) is 30.5 Å². The number of hydrogen-bond donors (Lipinski definition) is 0. The fourth-order valence-electron chi connectivity index (χ4n) is 3.00. The number of hydrogen-bond acceptors (Lipinski definition) is 4. The number of amides is 1. The van der Waals surface area contributed by atoms with Crippen molar-refractivity contribution in [2.75, 3.05) is 6.79 Å². The van der Waals surface area contributed by atoms with Crippen LogP contribution >= 0.6 is 15.9 Å². The zero-order chi connectivity index (χ0) is 16.7. The molecule has 2 aromatic rings. The predicted molar refractivity (Wildman–Crippen MR) is 93.1 cm³/mol. The van der Waals surface area contributed by atoms with E-state index in [9.17, 15) is 4.79 Å². The molecule has 0 radical (unpaired) electrons. The zero-order valence-corrected chi connectivity index (χ0v) is 14.6. The summed E-state index contributed by atoms with van der Waals surface area (Å²) in [5.41, 5.74) is 2.92. The van der Waals surface area contributed by atoms with Gasteiger partial charge in [-0.1, -0.05) is 34.1 Å². The normalized spacial score (nSPS) is 18.7. The summed E-state index contributed by atoms with van der Waals surface area (Å²) < 4.78 is 11.8. The second-order valence-corrected chi connectivity index (χ2v) is 6.67. The second kappa shape index (κ2) is 5.94. The van der Waals surface area contributed by atoms with Crippen LogP contribution in [-0.2, 0) is 4.79 Å². The number of nitrogens with zero attached hydrogens (tertiary/aromatic N) is 2. The molecular formula is C18H15BrN2O3. The molecule has 0 saturated carbocycles. The molecule has 2 aliphatic rings. The molecule has 0 fully saturated rings. The van der Waals surface area contributed by atoms with Crippen LogP contribution in [0.15, 0.2) is 52.0 Å². The minimum Gasteiger partial charge on any atom is -0.454 e. The molecule has 0 saturated heterocycles. The maximum absolute atomic E-state index is 12.0. The Bertz CT molecular complexity index is 833. The van der Waals surface area contributed by atoms with Gasteiger partial charge in [0.15, 0.2) is 11.5 Å². The van der Waals surface area contributed by atoms with Gasteiger partial charge in [-0.05, 0) is 35.4 Å². The zero-order valence-electron chi connectivity index (χ0n) is 13.0. The fourth-order valence-corrected chi connectivity index (χ4v) is 3.26. The van der Waals surface area contributed by atoms with E-state index in [1.54, 1.807) is 5.01 Å². The third-order valence-electron chi connectivity index (χ3n) is 4.19. The molecule has 0 aliphatic carbocycles. The number of benzene rings is 2. The standard InChI is InChI=1S/C18H15BrN2O3/c1-11(22)21-16(13-4-7-17-18(8-13)24-10-23-17)9-15(20-21)12-2-5-14(19)6-3-12/h2-8,16H,9-10H2,1H3/t16-/m1/s1. The van der Waals surface area contributed by atoms with Gasteiger partial charge in [-0.2, -0.15) is 5.10 Å². The maximum atomic E-state index is 12.0. The third-order valence-corrected chi connectivity index (χ3v) is 4.72. The van der Waals surface area contributed by atoms with E-state index >= 15 is 0 Å². The van der Waals surface area contributed by atoms with Crippen molar-refractivity contribution in [3.05, 3.63) is 58.1 Å². The lowest BCUT2D eigenvalue weighted by atomic mass is 9.98. The first-order valence-electron chi connectivity index (χ1n) is 7.64. The molecule has 2 heterocycles.